The smallest absolute Gasteiger partial charge is 0.356 e. The van der Waals surface area contributed by atoms with E-state index in [1.807, 2.05) is 0 Å². The van der Waals surface area contributed by atoms with Crippen LogP contribution in [-0.4, -0.2) is 27.8 Å². The fourth-order valence-corrected chi connectivity index (χ4v) is 1.23. The highest BCUT2D eigenvalue weighted by atomic mass is 16.4. The van der Waals surface area contributed by atoms with Gasteiger partial charge in [0.05, 0.1) is 0 Å². The molecular weight excluding hydrogens is 194 g/mol. The SMILES string of the molecule is CC1(CNc2ccc(C(=O)O)nn2)CC1. The van der Waals surface area contributed by atoms with E-state index in [0.717, 1.165) is 6.54 Å². The second-order valence-corrected chi connectivity index (χ2v) is 4.27. The number of nitrogens with one attached hydrogen (secondary N) is 1. The molecule has 0 spiro atoms. The maximum atomic E-state index is 10.5. The Morgan fingerprint density at radius 3 is 2.73 bits per heavy atom. The first kappa shape index (κ1) is 9.89. The van der Waals surface area contributed by atoms with Gasteiger partial charge in [-0.25, -0.2) is 4.79 Å². The molecule has 0 atom stereocenters. The van der Waals surface area contributed by atoms with Crippen LogP contribution in [0, 0.1) is 5.41 Å². The van der Waals surface area contributed by atoms with Crippen molar-refractivity contribution in [2.45, 2.75) is 19.8 Å². The number of rotatable bonds is 4. The number of carboxylic acid groups (broad SMARTS) is 1. The third-order valence-electron chi connectivity index (χ3n) is 2.68. The standard InChI is InChI=1S/C10H13N3O2/c1-10(4-5-10)6-11-8-3-2-7(9(14)15)12-13-8/h2-3H,4-6H2,1H3,(H,11,13)(H,14,15). The van der Waals surface area contributed by atoms with Crippen molar-refractivity contribution in [1.29, 1.82) is 0 Å². The molecule has 1 fully saturated rings. The number of hydrogen-bond acceptors (Lipinski definition) is 4. The van der Waals surface area contributed by atoms with Gasteiger partial charge >= 0.3 is 5.97 Å². The zero-order chi connectivity index (χ0) is 10.9. The summed E-state index contributed by atoms with van der Waals surface area (Å²) >= 11 is 0. The lowest BCUT2D eigenvalue weighted by Crippen LogP contribution is -2.13. The first-order valence-electron chi connectivity index (χ1n) is 4.90. The van der Waals surface area contributed by atoms with E-state index in [-0.39, 0.29) is 5.69 Å². The molecule has 0 saturated heterocycles. The molecule has 1 aromatic rings. The summed E-state index contributed by atoms with van der Waals surface area (Å²) in [5.41, 5.74) is 0.367. The van der Waals surface area contributed by atoms with Crippen LogP contribution in [-0.2, 0) is 0 Å². The van der Waals surface area contributed by atoms with Crippen molar-refractivity contribution >= 4 is 11.8 Å². The molecule has 2 rings (SSSR count). The summed E-state index contributed by atoms with van der Waals surface area (Å²) < 4.78 is 0. The molecule has 2 N–H and O–H groups in total. The fourth-order valence-electron chi connectivity index (χ4n) is 1.23. The maximum Gasteiger partial charge on any atom is 0.356 e. The van der Waals surface area contributed by atoms with Crippen LogP contribution in [0.2, 0.25) is 0 Å². The van der Waals surface area contributed by atoms with Gasteiger partial charge in [-0.05, 0) is 30.4 Å². The second kappa shape index (κ2) is 3.49. The summed E-state index contributed by atoms with van der Waals surface area (Å²) in [6.45, 7) is 3.08. The van der Waals surface area contributed by atoms with Crippen molar-refractivity contribution in [2.24, 2.45) is 5.41 Å². The van der Waals surface area contributed by atoms with E-state index < -0.39 is 5.97 Å². The van der Waals surface area contributed by atoms with Gasteiger partial charge in [0.2, 0.25) is 0 Å². The predicted molar refractivity (Wildman–Crippen MR) is 54.8 cm³/mol. The Labute approximate surface area is 87.5 Å². The molecule has 1 aromatic heterocycles. The molecule has 1 heterocycles. The van der Waals surface area contributed by atoms with Crippen LogP contribution >= 0.6 is 0 Å². The third-order valence-corrected chi connectivity index (χ3v) is 2.68. The van der Waals surface area contributed by atoms with E-state index in [1.165, 1.54) is 18.9 Å². The van der Waals surface area contributed by atoms with Crippen LogP contribution in [0.1, 0.15) is 30.3 Å². The molecule has 0 aromatic carbocycles. The van der Waals surface area contributed by atoms with Crippen LogP contribution in [0.25, 0.3) is 0 Å². The molecule has 5 heteroatoms. The number of aromatic carboxylic acids is 1. The van der Waals surface area contributed by atoms with Gasteiger partial charge in [-0.2, -0.15) is 0 Å². The van der Waals surface area contributed by atoms with Gasteiger partial charge in [-0.1, -0.05) is 6.92 Å². The lowest BCUT2D eigenvalue weighted by molar-refractivity contribution is 0.0689. The van der Waals surface area contributed by atoms with Gasteiger partial charge in [0.25, 0.3) is 0 Å². The molecule has 15 heavy (non-hydrogen) atoms. The summed E-state index contributed by atoms with van der Waals surface area (Å²) in [7, 11) is 0. The van der Waals surface area contributed by atoms with E-state index in [9.17, 15) is 4.79 Å². The Kier molecular flexibility index (Phi) is 2.30. The Morgan fingerprint density at radius 2 is 2.27 bits per heavy atom. The number of carbonyl (C=O) groups is 1. The first-order valence-corrected chi connectivity index (χ1v) is 4.90. The minimum absolute atomic E-state index is 0.0295. The highest BCUT2D eigenvalue weighted by Crippen LogP contribution is 2.44. The van der Waals surface area contributed by atoms with Crippen molar-refractivity contribution in [3.8, 4) is 0 Å². The monoisotopic (exact) mass is 207 g/mol. The molecule has 5 nitrogen and oxygen atoms in total. The Bertz CT molecular complexity index is 371. The summed E-state index contributed by atoms with van der Waals surface area (Å²) in [5.74, 6) is -0.420. The Hall–Kier alpha value is -1.65. The minimum Gasteiger partial charge on any atom is -0.476 e. The molecule has 0 amide bonds. The van der Waals surface area contributed by atoms with E-state index in [0.29, 0.717) is 11.2 Å². The third kappa shape index (κ3) is 2.43. The predicted octanol–water partition coefficient (Wildman–Crippen LogP) is 1.39. The largest absolute Gasteiger partial charge is 0.476 e. The summed E-state index contributed by atoms with van der Waals surface area (Å²) in [5, 5.41) is 19.1. The lowest BCUT2D eigenvalue weighted by Gasteiger charge is -2.09. The van der Waals surface area contributed by atoms with E-state index in [2.05, 4.69) is 22.4 Å². The van der Waals surface area contributed by atoms with Gasteiger partial charge in [-0.3, -0.25) is 0 Å². The van der Waals surface area contributed by atoms with Crippen LogP contribution in [0.15, 0.2) is 12.1 Å². The van der Waals surface area contributed by atoms with E-state index in [4.69, 9.17) is 5.11 Å². The quantitative estimate of drug-likeness (QED) is 0.780. The first-order chi connectivity index (χ1) is 7.09. The molecule has 1 aliphatic carbocycles. The summed E-state index contributed by atoms with van der Waals surface area (Å²) in [6.07, 6.45) is 2.47. The number of aromatic nitrogens is 2. The highest BCUT2D eigenvalue weighted by Gasteiger charge is 2.36. The zero-order valence-corrected chi connectivity index (χ0v) is 8.53. The van der Waals surface area contributed by atoms with Crippen molar-refractivity contribution < 1.29 is 9.90 Å². The average molecular weight is 207 g/mol. The molecule has 80 valence electrons. The number of nitrogens with zero attached hydrogens (tertiary/aromatic N) is 2. The van der Waals surface area contributed by atoms with Crippen LogP contribution in [0.4, 0.5) is 5.82 Å². The highest BCUT2D eigenvalue weighted by molar-refractivity contribution is 5.85. The van der Waals surface area contributed by atoms with Gasteiger partial charge in [0.1, 0.15) is 5.82 Å². The topological polar surface area (TPSA) is 75.1 Å². The van der Waals surface area contributed by atoms with Gasteiger partial charge in [-0.15, -0.1) is 10.2 Å². The molecule has 0 unspecified atom stereocenters. The van der Waals surface area contributed by atoms with Crippen LogP contribution in [0.3, 0.4) is 0 Å². The van der Waals surface area contributed by atoms with Crippen molar-refractivity contribution in [3.05, 3.63) is 17.8 Å². The average Bonchev–Trinajstić information content (AvgIpc) is 2.95. The Morgan fingerprint density at radius 1 is 1.53 bits per heavy atom. The Balaban J connectivity index is 1.95. The molecule has 1 saturated carbocycles. The van der Waals surface area contributed by atoms with Crippen LogP contribution in [0.5, 0.6) is 0 Å². The van der Waals surface area contributed by atoms with Crippen molar-refractivity contribution in [3.63, 3.8) is 0 Å². The summed E-state index contributed by atoms with van der Waals surface area (Å²) in [4.78, 5) is 10.5. The van der Waals surface area contributed by atoms with Crippen molar-refractivity contribution in [2.75, 3.05) is 11.9 Å². The van der Waals surface area contributed by atoms with Crippen molar-refractivity contribution in [1.82, 2.24) is 10.2 Å². The van der Waals surface area contributed by atoms with Gasteiger partial charge in [0.15, 0.2) is 5.69 Å². The number of hydrogen-bond donors (Lipinski definition) is 2. The number of anilines is 1. The molecule has 0 bridgehead atoms. The summed E-state index contributed by atoms with van der Waals surface area (Å²) in [6, 6.07) is 3.09. The number of carboxylic acids is 1. The lowest BCUT2D eigenvalue weighted by atomic mass is 10.1. The molecule has 1 aliphatic rings. The molecular formula is C10H13N3O2. The zero-order valence-electron chi connectivity index (χ0n) is 8.53. The van der Waals surface area contributed by atoms with Crippen LogP contribution < -0.4 is 5.32 Å². The molecule has 0 radical (unpaired) electrons. The van der Waals surface area contributed by atoms with E-state index >= 15 is 0 Å². The normalized spacial score (nSPS) is 17.1. The van der Waals surface area contributed by atoms with Gasteiger partial charge < -0.3 is 10.4 Å². The van der Waals surface area contributed by atoms with Gasteiger partial charge in [0, 0.05) is 6.54 Å². The fraction of sp³-hybridized carbons (Fsp3) is 0.500. The second-order valence-electron chi connectivity index (χ2n) is 4.27. The maximum absolute atomic E-state index is 10.5. The molecule has 0 aliphatic heterocycles. The van der Waals surface area contributed by atoms with E-state index in [1.54, 1.807) is 6.07 Å². The minimum atomic E-state index is -1.05.